The number of hydrogen-bond acceptors (Lipinski definition) is 3. The molecule has 0 spiro atoms. The van der Waals surface area contributed by atoms with Crippen molar-refractivity contribution in [3.05, 3.63) is 77.5 Å². The highest BCUT2D eigenvalue weighted by molar-refractivity contribution is 5.97. The lowest BCUT2D eigenvalue weighted by molar-refractivity contribution is -0.136. The third-order valence-electron chi connectivity index (χ3n) is 3.62. The SMILES string of the molecule is CC(NC(=O)/C(C#N)=C\Nc1ccccc1C(F)(F)F)c1ccccc1. The van der Waals surface area contributed by atoms with E-state index in [0.717, 1.165) is 17.8 Å². The van der Waals surface area contributed by atoms with Crippen LogP contribution in [0.2, 0.25) is 0 Å². The number of rotatable bonds is 5. The summed E-state index contributed by atoms with van der Waals surface area (Å²) in [6.45, 7) is 1.74. The molecule has 7 heteroatoms. The molecule has 2 rings (SSSR count). The van der Waals surface area contributed by atoms with Gasteiger partial charge in [-0.2, -0.15) is 18.4 Å². The van der Waals surface area contributed by atoms with Crippen LogP contribution in [-0.4, -0.2) is 5.91 Å². The molecule has 0 heterocycles. The van der Waals surface area contributed by atoms with Crippen LogP contribution in [0.25, 0.3) is 0 Å². The molecule has 0 aliphatic rings. The summed E-state index contributed by atoms with van der Waals surface area (Å²) in [4.78, 5) is 12.2. The summed E-state index contributed by atoms with van der Waals surface area (Å²) in [7, 11) is 0. The van der Waals surface area contributed by atoms with Crippen molar-refractivity contribution in [1.82, 2.24) is 5.32 Å². The van der Waals surface area contributed by atoms with Crippen LogP contribution in [0.3, 0.4) is 0 Å². The number of carbonyl (C=O) groups is 1. The fourth-order valence-electron chi connectivity index (χ4n) is 2.25. The van der Waals surface area contributed by atoms with Gasteiger partial charge in [0.15, 0.2) is 0 Å². The number of anilines is 1. The van der Waals surface area contributed by atoms with Crippen LogP contribution < -0.4 is 10.6 Å². The number of benzene rings is 2. The third kappa shape index (κ3) is 4.86. The Balaban J connectivity index is 2.14. The van der Waals surface area contributed by atoms with Crippen molar-refractivity contribution >= 4 is 11.6 Å². The number of para-hydroxylation sites is 1. The molecule has 0 bridgehead atoms. The summed E-state index contributed by atoms with van der Waals surface area (Å²) in [6, 6.07) is 15.3. The largest absolute Gasteiger partial charge is 0.418 e. The van der Waals surface area contributed by atoms with Crippen molar-refractivity contribution in [3.8, 4) is 6.07 Å². The summed E-state index contributed by atoms with van der Waals surface area (Å²) in [5, 5.41) is 14.2. The van der Waals surface area contributed by atoms with Gasteiger partial charge in [-0.3, -0.25) is 4.79 Å². The number of nitriles is 1. The second kappa shape index (κ2) is 8.21. The molecule has 0 aliphatic heterocycles. The Morgan fingerprint density at radius 2 is 1.73 bits per heavy atom. The summed E-state index contributed by atoms with van der Waals surface area (Å²) in [6.07, 6.45) is -3.58. The van der Waals surface area contributed by atoms with Crippen molar-refractivity contribution in [1.29, 1.82) is 5.26 Å². The van der Waals surface area contributed by atoms with Gasteiger partial charge in [-0.25, -0.2) is 0 Å². The van der Waals surface area contributed by atoms with E-state index in [0.29, 0.717) is 0 Å². The van der Waals surface area contributed by atoms with E-state index >= 15 is 0 Å². The van der Waals surface area contributed by atoms with Crippen LogP contribution in [0.5, 0.6) is 0 Å². The van der Waals surface area contributed by atoms with Crippen LogP contribution in [0.4, 0.5) is 18.9 Å². The van der Waals surface area contributed by atoms with E-state index in [1.54, 1.807) is 13.0 Å². The van der Waals surface area contributed by atoms with Gasteiger partial charge in [0.25, 0.3) is 5.91 Å². The maximum Gasteiger partial charge on any atom is 0.418 e. The molecule has 1 unspecified atom stereocenters. The van der Waals surface area contributed by atoms with Crippen LogP contribution in [0.15, 0.2) is 66.4 Å². The predicted octanol–water partition coefficient (Wildman–Crippen LogP) is 4.40. The Bertz CT molecular complexity index is 839. The van der Waals surface area contributed by atoms with E-state index in [9.17, 15) is 18.0 Å². The summed E-state index contributed by atoms with van der Waals surface area (Å²) >= 11 is 0. The van der Waals surface area contributed by atoms with Crippen LogP contribution in [0, 0.1) is 11.3 Å². The predicted molar refractivity (Wildman–Crippen MR) is 91.8 cm³/mol. The quantitative estimate of drug-likeness (QED) is 0.614. The first-order valence-corrected chi connectivity index (χ1v) is 7.71. The van der Waals surface area contributed by atoms with E-state index in [2.05, 4.69) is 10.6 Å². The number of alkyl halides is 3. The molecule has 0 saturated carbocycles. The van der Waals surface area contributed by atoms with Gasteiger partial charge < -0.3 is 10.6 Å². The monoisotopic (exact) mass is 359 g/mol. The third-order valence-corrected chi connectivity index (χ3v) is 3.62. The Hall–Kier alpha value is -3.27. The number of carbonyl (C=O) groups excluding carboxylic acids is 1. The Morgan fingerprint density at radius 3 is 2.35 bits per heavy atom. The van der Waals surface area contributed by atoms with Gasteiger partial charge in [0.2, 0.25) is 0 Å². The van der Waals surface area contributed by atoms with Gasteiger partial charge in [-0.15, -0.1) is 0 Å². The Kier molecular flexibility index (Phi) is 6.02. The molecular formula is C19H16F3N3O. The van der Waals surface area contributed by atoms with Gasteiger partial charge in [0.05, 0.1) is 17.3 Å². The van der Waals surface area contributed by atoms with Gasteiger partial charge in [0, 0.05) is 6.20 Å². The van der Waals surface area contributed by atoms with Crippen LogP contribution in [-0.2, 0) is 11.0 Å². The molecular weight excluding hydrogens is 343 g/mol. The Labute approximate surface area is 149 Å². The maximum absolute atomic E-state index is 13.0. The topological polar surface area (TPSA) is 64.9 Å². The number of amides is 1. The van der Waals surface area contributed by atoms with E-state index < -0.39 is 17.6 Å². The van der Waals surface area contributed by atoms with E-state index in [1.165, 1.54) is 18.2 Å². The lowest BCUT2D eigenvalue weighted by atomic mass is 10.1. The minimum absolute atomic E-state index is 0.239. The van der Waals surface area contributed by atoms with Crippen molar-refractivity contribution in [3.63, 3.8) is 0 Å². The zero-order chi connectivity index (χ0) is 19.2. The molecule has 0 radical (unpaired) electrons. The molecule has 0 fully saturated rings. The first kappa shape index (κ1) is 19.1. The highest BCUT2D eigenvalue weighted by atomic mass is 19.4. The van der Waals surface area contributed by atoms with E-state index in [1.807, 2.05) is 30.3 Å². The molecule has 4 nitrogen and oxygen atoms in total. The van der Waals surface area contributed by atoms with E-state index in [4.69, 9.17) is 5.26 Å². The molecule has 1 atom stereocenters. The lowest BCUT2D eigenvalue weighted by Crippen LogP contribution is -2.28. The minimum Gasteiger partial charge on any atom is -0.360 e. The fourth-order valence-corrected chi connectivity index (χ4v) is 2.25. The number of nitrogens with zero attached hydrogens (tertiary/aromatic N) is 1. The zero-order valence-corrected chi connectivity index (χ0v) is 13.8. The Morgan fingerprint density at radius 1 is 1.12 bits per heavy atom. The van der Waals surface area contributed by atoms with Gasteiger partial charge >= 0.3 is 6.18 Å². The molecule has 134 valence electrons. The van der Waals surface area contributed by atoms with Gasteiger partial charge in [-0.05, 0) is 24.6 Å². The van der Waals surface area contributed by atoms with E-state index in [-0.39, 0.29) is 17.3 Å². The summed E-state index contributed by atoms with van der Waals surface area (Å²) < 4.78 is 38.9. The van der Waals surface area contributed by atoms with Gasteiger partial charge in [-0.1, -0.05) is 42.5 Å². The first-order chi connectivity index (χ1) is 12.3. The molecule has 2 aromatic rings. The first-order valence-electron chi connectivity index (χ1n) is 7.71. The highest BCUT2D eigenvalue weighted by Crippen LogP contribution is 2.34. The number of halogens is 3. The molecule has 1 amide bonds. The van der Waals surface area contributed by atoms with Crippen molar-refractivity contribution in [2.75, 3.05) is 5.32 Å². The molecule has 26 heavy (non-hydrogen) atoms. The second-order valence-corrected chi connectivity index (χ2v) is 5.46. The van der Waals surface area contributed by atoms with Crippen molar-refractivity contribution in [2.45, 2.75) is 19.1 Å². The maximum atomic E-state index is 13.0. The van der Waals surface area contributed by atoms with Crippen molar-refractivity contribution < 1.29 is 18.0 Å². The molecule has 0 saturated heterocycles. The lowest BCUT2D eigenvalue weighted by Gasteiger charge is -2.14. The normalized spacial score (nSPS) is 12.8. The standard InChI is InChI=1S/C19H16F3N3O/c1-13(14-7-3-2-4-8-14)25-18(26)15(11-23)12-24-17-10-6-5-9-16(17)19(20,21)22/h2-10,12-13,24H,1H3,(H,25,26)/b15-12-. The zero-order valence-electron chi connectivity index (χ0n) is 13.8. The van der Waals surface area contributed by atoms with Crippen LogP contribution in [0.1, 0.15) is 24.1 Å². The molecule has 0 aromatic heterocycles. The summed E-state index contributed by atoms with van der Waals surface area (Å²) in [5.74, 6) is -0.680. The number of nitrogens with one attached hydrogen (secondary N) is 2. The fraction of sp³-hybridized carbons (Fsp3) is 0.158. The van der Waals surface area contributed by atoms with Crippen molar-refractivity contribution in [2.24, 2.45) is 0 Å². The van der Waals surface area contributed by atoms with Crippen LogP contribution >= 0.6 is 0 Å². The minimum atomic E-state index is -4.55. The second-order valence-electron chi connectivity index (χ2n) is 5.46. The number of hydrogen-bond donors (Lipinski definition) is 2. The highest BCUT2D eigenvalue weighted by Gasteiger charge is 2.33. The summed E-state index contributed by atoms with van der Waals surface area (Å²) in [5.41, 5.74) is -0.610. The molecule has 2 N–H and O–H groups in total. The average Bonchev–Trinajstić information content (AvgIpc) is 2.62. The molecule has 0 aliphatic carbocycles. The smallest absolute Gasteiger partial charge is 0.360 e. The average molecular weight is 359 g/mol. The molecule has 2 aromatic carbocycles. The van der Waals surface area contributed by atoms with Gasteiger partial charge in [0.1, 0.15) is 11.6 Å².